The van der Waals surface area contributed by atoms with Crippen LogP contribution in [-0.2, 0) is 11.2 Å². The molecular weight excluding hydrogens is 280 g/mol. The topological polar surface area (TPSA) is 42.0 Å². The van der Waals surface area contributed by atoms with E-state index in [-0.39, 0.29) is 11.9 Å². The summed E-state index contributed by atoms with van der Waals surface area (Å²) < 4.78 is 0. The molecule has 0 unspecified atom stereocenters. The third-order valence-corrected chi connectivity index (χ3v) is 4.07. The van der Waals surface area contributed by atoms with E-state index in [1.54, 1.807) is 18.0 Å². The van der Waals surface area contributed by atoms with Gasteiger partial charge in [0.1, 0.15) is 0 Å². The zero-order valence-electron chi connectivity index (χ0n) is 12.4. The molecule has 1 amide bonds. The molecule has 0 fully saturated rings. The minimum Gasteiger partial charge on any atom is -0.350 e. The number of hydrogen-bond acceptors (Lipinski definition) is 3. The van der Waals surface area contributed by atoms with Crippen LogP contribution in [0.5, 0.6) is 0 Å². The van der Waals surface area contributed by atoms with Gasteiger partial charge in [0.15, 0.2) is 0 Å². The van der Waals surface area contributed by atoms with Crippen LogP contribution in [0, 0.1) is 0 Å². The molecule has 21 heavy (non-hydrogen) atoms. The van der Waals surface area contributed by atoms with E-state index in [0.717, 1.165) is 11.3 Å². The van der Waals surface area contributed by atoms with Crippen LogP contribution in [0.3, 0.4) is 0 Å². The molecule has 1 N–H and O–H groups in total. The molecule has 0 bridgehead atoms. The van der Waals surface area contributed by atoms with Gasteiger partial charge in [0.2, 0.25) is 5.91 Å². The van der Waals surface area contributed by atoms with Gasteiger partial charge in [-0.25, -0.2) is 0 Å². The van der Waals surface area contributed by atoms with Crippen LogP contribution in [0.15, 0.2) is 53.6 Å². The maximum Gasteiger partial charge on any atom is 0.220 e. The van der Waals surface area contributed by atoms with E-state index >= 15 is 0 Å². The minimum absolute atomic E-state index is 0.0251. The predicted molar refractivity (Wildman–Crippen MR) is 87.3 cm³/mol. The molecule has 0 radical (unpaired) electrons. The average molecular weight is 300 g/mol. The highest BCUT2D eigenvalue weighted by molar-refractivity contribution is 7.98. The Labute approximate surface area is 130 Å². The molecule has 4 heteroatoms. The van der Waals surface area contributed by atoms with Crippen molar-refractivity contribution in [2.75, 3.05) is 6.26 Å². The predicted octanol–water partition coefficient (Wildman–Crippen LogP) is 3.61. The summed E-state index contributed by atoms with van der Waals surface area (Å²) in [5.41, 5.74) is 2.07. The van der Waals surface area contributed by atoms with Crippen molar-refractivity contribution in [1.82, 2.24) is 10.3 Å². The number of nitrogens with zero attached hydrogens (tertiary/aromatic N) is 1. The van der Waals surface area contributed by atoms with Crippen LogP contribution >= 0.6 is 11.8 Å². The van der Waals surface area contributed by atoms with E-state index in [1.165, 1.54) is 4.90 Å². The van der Waals surface area contributed by atoms with Crippen molar-refractivity contribution in [3.05, 3.63) is 59.9 Å². The SMILES string of the molecule is CSc1ccc([C@@H](C)NC(=O)CCc2ccccn2)cc1. The first-order valence-corrected chi connectivity index (χ1v) is 8.24. The van der Waals surface area contributed by atoms with Crippen molar-refractivity contribution < 1.29 is 4.79 Å². The lowest BCUT2D eigenvalue weighted by Crippen LogP contribution is -2.26. The molecule has 0 aliphatic heterocycles. The average Bonchev–Trinajstić information content (AvgIpc) is 2.54. The maximum atomic E-state index is 12.0. The Morgan fingerprint density at radius 2 is 2.00 bits per heavy atom. The number of carbonyl (C=O) groups is 1. The highest BCUT2D eigenvalue weighted by atomic mass is 32.2. The molecule has 110 valence electrons. The Balaban J connectivity index is 1.83. The summed E-state index contributed by atoms with van der Waals surface area (Å²) in [6, 6.07) is 14.1. The Hall–Kier alpha value is -1.81. The lowest BCUT2D eigenvalue weighted by Gasteiger charge is -2.14. The highest BCUT2D eigenvalue weighted by Gasteiger charge is 2.09. The summed E-state index contributed by atoms with van der Waals surface area (Å²) in [4.78, 5) is 17.4. The number of benzene rings is 1. The molecular formula is C17H20N2OS. The molecule has 1 aromatic heterocycles. The monoisotopic (exact) mass is 300 g/mol. The summed E-state index contributed by atoms with van der Waals surface area (Å²) >= 11 is 1.71. The van der Waals surface area contributed by atoms with E-state index in [4.69, 9.17) is 0 Å². The molecule has 0 saturated heterocycles. The Morgan fingerprint density at radius 1 is 1.24 bits per heavy atom. The van der Waals surface area contributed by atoms with Crippen LogP contribution < -0.4 is 5.32 Å². The Kier molecular flexibility index (Phi) is 5.81. The largest absolute Gasteiger partial charge is 0.350 e. The lowest BCUT2D eigenvalue weighted by molar-refractivity contribution is -0.121. The number of amides is 1. The molecule has 1 atom stereocenters. The lowest BCUT2D eigenvalue weighted by atomic mass is 10.1. The summed E-state index contributed by atoms with van der Waals surface area (Å²) in [6.45, 7) is 2.01. The Morgan fingerprint density at radius 3 is 2.62 bits per heavy atom. The molecule has 0 aliphatic carbocycles. The van der Waals surface area contributed by atoms with Gasteiger partial charge in [-0.05, 0) is 49.4 Å². The smallest absolute Gasteiger partial charge is 0.220 e. The van der Waals surface area contributed by atoms with E-state index in [1.807, 2.05) is 25.1 Å². The summed E-state index contributed by atoms with van der Waals surface area (Å²) in [5, 5.41) is 3.03. The quantitative estimate of drug-likeness (QED) is 0.829. The molecule has 0 spiro atoms. The van der Waals surface area contributed by atoms with E-state index in [0.29, 0.717) is 12.8 Å². The first kappa shape index (κ1) is 15.6. The van der Waals surface area contributed by atoms with Crippen molar-refractivity contribution >= 4 is 17.7 Å². The third-order valence-electron chi connectivity index (χ3n) is 3.33. The van der Waals surface area contributed by atoms with E-state index in [9.17, 15) is 4.79 Å². The van der Waals surface area contributed by atoms with Crippen molar-refractivity contribution in [1.29, 1.82) is 0 Å². The number of carbonyl (C=O) groups excluding carboxylic acids is 1. The van der Waals surface area contributed by atoms with Crippen LogP contribution in [0.2, 0.25) is 0 Å². The standard InChI is InChI=1S/C17H20N2OS/c1-13(14-6-9-16(21-2)10-7-14)19-17(20)11-8-15-5-3-4-12-18-15/h3-7,9-10,12-13H,8,11H2,1-2H3,(H,19,20)/t13-/m1/s1. The normalized spacial score (nSPS) is 11.9. The molecule has 1 aromatic carbocycles. The number of rotatable bonds is 6. The molecule has 0 saturated carbocycles. The second-order valence-corrected chi connectivity index (χ2v) is 5.76. The molecule has 1 heterocycles. The van der Waals surface area contributed by atoms with Crippen molar-refractivity contribution in [3.8, 4) is 0 Å². The van der Waals surface area contributed by atoms with Gasteiger partial charge in [-0.3, -0.25) is 9.78 Å². The minimum atomic E-state index is 0.0251. The number of pyridine rings is 1. The number of aryl methyl sites for hydroxylation is 1. The van der Waals surface area contributed by atoms with Gasteiger partial charge in [0.05, 0.1) is 6.04 Å². The first-order valence-electron chi connectivity index (χ1n) is 7.02. The van der Waals surface area contributed by atoms with Crippen molar-refractivity contribution in [3.63, 3.8) is 0 Å². The van der Waals surface area contributed by atoms with Crippen LogP contribution in [0.25, 0.3) is 0 Å². The molecule has 0 aliphatic rings. The zero-order valence-corrected chi connectivity index (χ0v) is 13.2. The fraction of sp³-hybridized carbons (Fsp3) is 0.294. The second-order valence-electron chi connectivity index (χ2n) is 4.88. The Bertz CT molecular complexity index is 569. The van der Waals surface area contributed by atoms with Crippen molar-refractivity contribution in [2.24, 2.45) is 0 Å². The number of nitrogens with one attached hydrogen (secondary N) is 1. The van der Waals surface area contributed by atoms with Crippen LogP contribution in [-0.4, -0.2) is 17.1 Å². The van der Waals surface area contributed by atoms with Crippen molar-refractivity contribution in [2.45, 2.75) is 30.7 Å². The molecule has 2 rings (SSSR count). The van der Waals surface area contributed by atoms with Gasteiger partial charge in [0.25, 0.3) is 0 Å². The van der Waals surface area contributed by atoms with E-state index in [2.05, 4.69) is 40.8 Å². The number of hydrogen-bond donors (Lipinski definition) is 1. The fourth-order valence-corrected chi connectivity index (χ4v) is 2.49. The van der Waals surface area contributed by atoms with Gasteiger partial charge in [-0.15, -0.1) is 11.8 Å². The van der Waals surface area contributed by atoms with Gasteiger partial charge in [0, 0.05) is 23.2 Å². The highest BCUT2D eigenvalue weighted by Crippen LogP contribution is 2.18. The van der Waals surface area contributed by atoms with Crippen LogP contribution in [0.4, 0.5) is 0 Å². The number of thioether (sulfide) groups is 1. The number of aromatic nitrogens is 1. The third kappa shape index (κ3) is 4.90. The molecule has 2 aromatic rings. The van der Waals surface area contributed by atoms with Gasteiger partial charge in [-0.2, -0.15) is 0 Å². The summed E-state index contributed by atoms with van der Waals surface area (Å²) in [5.74, 6) is 0.0575. The first-order chi connectivity index (χ1) is 10.2. The summed E-state index contributed by atoms with van der Waals surface area (Å²) in [7, 11) is 0. The van der Waals surface area contributed by atoms with Gasteiger partial charge in [-0.1, -0.05) is 18.2 Å². The second kappa shape index (κ2) is 7.84. The fourth-order valence-electron chi connectivity index (χ4n) is 2.08. The zero-order chi connectivity index (χ0) is 15.1. The van der Waals surface area contributed by atoms with Crippen LogP contribution in [0.1, 0.15) is 30.6 Å². The maximum absolute atomic E-state index is 12.0. The molecule has 3 nitrogen and oxygen atoms in total. The van der Waals surface area contributed by atoms with Gasteiger partial charge < -0.3 is 5.32 Å². The summed E-state index contributed by atoms with van der Waals surface area (Å²) in [6.07, 6.45) is 4.94. The van der Waals surface area contributed by atoms with E-state index < -0.39 is 0 Å². The van der Waals surface area contributed by atoms with Gasteiger partial charge >= 0.3 is 0 Å².